The molecule has 0 bridgehead atoms. The lowest BCUT2D eigenvalue weighted by Gasteiger charge is -2.19. The minimum atomic E-state index is 0.0200. The Morgan fingerprint density at radius 3 is 2.04 bits per heavy atom. The highest BCUT2D eigenvalue weighted by Gasteiger charge is 2.16. The predicted molar refractivity (Wildman–Crippen MR) is 104 cm³/mol. The fourth-order valence-electron chi connectivity index (χ4n) is 2.24. The van der Waals surface area contributed by atoms with Crippen molar-refractivity contribution in [1.82, 2.24) is 4.90 Å². The molecular formula is C19H25N3OS. The van der Waals surface area contributed by atoms with Crippen molar-refractivity contribution < 1.29 is 4.79 Å². The summed E-state index contributed by atoms with van der Waals surface area (Å²) >= 11 is 1.62. The lowest BCUT2D eigenvalue weighted by atomic mass is 10.2. The van der Waals surface area contributed by atoms with Gasteiger partial charge < -0.3 is 14.7 Å². The van der Waals surface area contributed by atoms with Gasteiger partial charge in [-0.25, -0.2) is 0 Å². The van der Waals surface area contributed by atoms with Gasteiger partial charge in [-0.3, -0.25) is 4.79 Å². The van der Waals surface area contributed by atoms with E-state index < -0.39 is 0 Å². The third kappa shape index (κ3) is 4.23. The quantitative estimate of drug-likeness (QED) is 0.828. The van der Waals surface area contributed by atoms with Gasteiger partial charge in [0, 0.05) is 63.5 Å². The third-order valence-corrected chi connectivity index (χ3v) is 4.73. The molecule has 0 heterocycles. The number of amides is 1. The summed E-state index contributed by atoms with van der Waals surface area (Å²) in [6.07, 6.45) is 0. The van der Waals surface area contributed by atoms with Gasteiger partial charge >= 0.3 is 0 Å². The normalized spacial score (nSPS) is 10.4. The molecule has 2 rings (SSSR count). The molecule has 0 N–H and O–H groups in total. The molecule has 0 saturated heterocycles. The molecule has 0 atom stereocenters. The molecule has 0 aliphatic heterocycles. The molecule has 5 heteroatoms. The van der Waals surface area contributed by atoms with Crippen LogP contribution in [0, 0.1) is 0 Å². The topological polar surface area (TPSA) is 26.8 Å². The van der Waals surface area contributed by atoms with Gasteiger partial charge in [-0.1, -0.05) is 17.8 Å². The van der Waals surface area contributed by atoms with Crippen LogP contribution >= 0.6 is 11.8 Å². The predicted octanol–water partition coefficient (Wildman–Crippen LogP) is 3.67. The molecule has 0 fully saturated rings. The smallest absolute Gasteiger partial charge is 0.254 e. The van der Waals surface area contributed by atoms with Gasteiger partial charge in [-0.15, -0.1) is 0 Å². The lowest BCUT2D eigenvalue weighted by molar-refractivity contribution is 0.0824. The molecule has 0 spiro atoms. The van der Waals surface area contributed by atoms with Crippen LogP contribution in [0.1, 0.15) is 10.4 Å². The number of carbonyl (C=O) groups is 1. The van der Waals surface area contributed by atoms with Crippen LogP contribution in [0.15, 0.2) is 52.3 Å². The maximum atomic E-state index is 12.5. The fraction of sp³-hybridized carbons (Fsp3) is 0.316. The molecule has 0 unspecified atom stereocenters. The maximum Gasteiger partial charge on any atom is 0.254 e. The highest BCUT2D eigenvalue weighted by atomic mass is 32.2. The van der Waals surface area contributed by atoms with E-state index in [1.807, 2.05) is 51.3 Å². The molecule has 0 radical (unpaired) electrons. The summed E-state index contributed by atoms with van der Waals surface area (Å²) < 4.78 is 0. The summed E-state index contributed by atoms with van der Waals surface area (Å²) in [6, 6.07) is 14.3. The molecule has 24 heavy (non-hydrogen) atoms. The number of benzene rings is 2. The first-order chi connectivity index (χ1) is 11.3. The molecule has 0 aliphatic rings. The number of carbonyl (C=O) groups excluding carboxylic acids is 1. The second-order valence-electron chi connectivity index (χ2n) is 6.27. The first kappa shape index (κ1) is 18.2. The molecule has 0 aromatic heterocycles. The molecule has 2 aromatic rings. The van der Waals surface area contributed by atoms with Crippen LogP contribution in [-0.4, -0.2) is 53.1 Å². The van der Waals surface area contributed by atoms with Gasteiger partial charge in [0.2, 0.25) is 0 Å². The van der Waals surface area contributed by atoms with Crippen LogP contribution in [0.25, 0.3) is 0 Å². The monoisotopic (exact) mass is 343 g/mol. The van der Waals surface area contributed by atoms with Gasteiger partial charge in [0.15, 0.2) is 0 Å². The van der Waals surface area contributed by atoms with Crippen LogP contribution in [0.4, 0.5) is 11.4 Å². The standard InChI is InChI=1S/C19H25N3OS/c1-20(2)14-8-7-9-16(12-14)24-18-13-15(21(3)4)10-11-17(18)19(23)22(5)6/h7-13H,1-6H3. The van der Waals surface area contributed by atoms with E-state index in [1.165, 1.54) is 0 Å². The van der Waals surface area contributed by atoms with Crippen LogP contribution in [-0.2, 0) is 0 Å². The molecule has 1 amide bonds. The molecule has 128 valence electrons. The summed E-state index contributed by atoms with van der Waals surface area (Å²) in [6.45, 7) is 0. The number of hydrogen-bond acceptors (Lipinski definition) is 4. The van der Waals surface area contributed by atoms with E-state index in [-0.39, 0.29) is 5.91 Å². The van der Waals surface area contributed by atoms with Gasteiger partial charge in [-0.05, 0) is 36.4 Å². The number of hydrogen-bond donors (Lipinski definition) is 0. The Morgan fingerprint density at radius 2 is 1.46 bits per heavy atom. The highest BCUT2D eigenvalue weighted by Crippen LogP contribution is 2.35. The zero-order valence-electron chi connectivity index (χ0n) is 15.2. The Kier molecular flexibility index (Phi) is 5.78. The van der Waals surface area contributed by atoms with Crippen molar-refractivity contribution in [3.63, 3.8) is 0 Å². The van der Waals surface area contributed by atoms with E-state index in [0.717, 1.165) is 26.7 Å². The second-order valence-corrected chi connectivity index (χ2v) is 7.38. The summed E-state index contributed by atoms with van der Waals surface area (Å²) in [5.41, 5.74) is 2.95. The summed E-state index contributed by atoms with van der Waals surface area (Å²) in [7, 11) is 11.6. The van der Waals surface area contributed by atoms with E-state index in [9.17, 15) is 4.79 Å². The minimum Gasteiger partial charge on any atom is -0.378 e. The van der Waals surface area contributed by atoms with E-state index in [4.69, 9.17) is 0 Å². The fourth-order valence-corrected chi connectivity index (χ4v) is 3.27. The molecule has 0 aliphatic carbocycles. The number of nitrogens with zero attached hydrogens (tertiary/aromatic N) is 3. The Balaban J connectivity index is 2.44. The summed E-state index contributed by atoms with van der Waals surface area (Å²) in [5, 5.41) is 0. The van der Waals surface area contributed by atoms with E-state index in [1.54, 1.807) is 30.8 Å². The van der Waals surface area contributed by atoms with Crippen LogP contribution in [0.3, 0.4) is 0 Å². The van der Waals surface area contributed by atoms with E-state index in [2.05, 4.69) is 29.2 Å². The second kappa shape index (κ2) is 7.62. The van der Waals surface area contributed by atoms with Crippen molar-refractivity contribution in [3.8, 4) is 0 Å². The molecule has 0 saturated carbocycles. The summed E-state index contributed by atoms with van der Waals surface area (Å²) in [5.74, 6) is 0.0200. The average molecular weight is 343 g/mol. The van der Waals surface area contributed by atoms with Crippen molar-refractivity contribution in [1.29, 1.82) is 0 Å². The van der Waals surface area contributed by atoms with Gasteiger partial charge in [0.1, 0.15) is 0 Å². The molecular weight excluding hydrogens is 318 g/mol. The van der Waals surface area contributed by atoms with E-state index >= 15 is 0 Å². The molecule has 2 aromatic carbocycles. The van der Waals surface area contributed by atoms with Crippen molar-refractivity contribution in [3.05, 3.63) is 48.0 Å². The lowest BCUT2D eigenvalue weighted by Crippen LogP contribution is -2.22. The maximum absolute atomic E-state index is 12.5. The molecule has 4 nitrogen and oxygen atoms in total. The summed E-state index contributed by atoms with van der Waals surface area (Å²) in [4.78, 5) is 20.3. The van der Waals surface area contributed by atoms with Gasteiger partial charge in [0.05, 0.1) is 5.56 Å². The van der Waals surface area contributed by atoms with Crippen molar-refractivity contribution >= 4 is 29.0 Å². The van der Waals surface area contributed by atoms with Crippen LogP contribution < -0.4 is 9.80 Å². The Labute approximate surface area is 149 Å². The van der Waals surface area contributed by atoms with Crippen LogP contribution in [0.5, 0.6) is 0 Å². The van der Waals surface area contributed by atoms with Crippen LogP contribution in [0.2, 0.25) is 0 Å². The van der Waals surface area contributed by atoms with Gasteiger partial charge in [0.25, 0.3) is 5.91 Å². The first-order valence-electron chi connectivity index (χ1n) is 7.78. The number of anilines is 2. The zero-order valence-corrected chi connectivity index (χ0v) is 16.0. The van der Waals surface area contributed by atoms with Gasteiger partial charge in [-0.2, -0.15) is 0 Å². The van der Waals surface area contributed by atoms with Crippen molar-refractivity contribution in [2.45, 2.75) is 9.79 Å². The Morgan fingerprint density at radius 1 is 0.833 bits per heavy atom. The number of rotatable bonds is 5. The average Bonchev–Trinajstić information content (AvgIpc) is 2.54. The highest BCUT2D eigenvalue weighted by molar-refractivity contribution is 7.99. The zero-order chi connectivity index (χ0) is 17.9. The SMILES string of the molecule is CN(C)C(=O)c1ccc(N(C)C)cc1Sc1cccc(N(C)C)c1. The van der Waals surface area contributed by atoms with Crippen molar-refractivity contribution in [2.75, 3.05) is 52.1 Å². The Hall–Kier alpha value is -2.14. The Bertz CT molecular complexity index is 726. The third-order valence-electron chi connectivity index (χ3n) is 3.68. The first-order valence-corrected chi connectivity index (χ1v) is 8.59. The minimum absolute atomic E-state index is 0.0200. The van der Waals surface area contributed by atoms with E-state index in [0.29, 0.717) is 0 Å². The van der Waals surface area contributed by atoms with Crippen molar-refractivity contribution in [2.24, 2.45) is 0 Å². The largest absolute Gasteiger partial charge is 0.378 e.